The summed E-state index contributed by atoms with van der Waals surface area (Å²) in [5, 5.41) is 0. The number of benzene rings is 2. The van der Waals surface area contributed by atoms with Crippen LogP contribution in [0, 0.1) is 6.92 Å². The number of carbonyl (C=O) groups excluding carboxylic acids is 1. The molecule has 0 aliphatic carbocycles. The Hall–Kier alpha value is -3.34. The van der Waals surface area contributed by atoms with Crippen molar-refractivity contribution < 1.29 is 14.3 Å². The highest BCUT2D eigenvalue weighted by Crippen LogP contribution is 2.32. The molecule has 1 amide bonds. The number of hydrogen-bond acceptors (Lipinski definition) is 4. The van der Waals surface area contributed by atoms with Gasteiger partial charge in [0, 0.05) is 18.1 Å². The Morgan fingerprint density at radius 3 is 2.63 bits per heavy atom. The molecule has 4 rings (SSSR count). The first-order valence-corrected chi connectivity index (χ1v) is 8.87. The van der Waals surface area contributed by atoms with E-state index in [4.69, 9.17) is 9.47 Å². The van der Waals surface area contributed by atoms with E-state index >= 15 is 0 Å². The molecule has 136 valence electrons. The fourth-order valence-electron chi connectivity index (χ4n) is 3.14. The van der Waals surface area contributed by atoms with E-state index in [9.17, 15) is 4.79 Å². The lowest BCUT2D eigenvalue weighted by molar-refractivity contribution is -0.127. The number of fused-ring (bicyclic) bond motifs is 1. The first-order valence-electron chi connectivity index (χ1n) is 8.87. The smallest absolute Gasteiger partial charge is 0.271 e. The largest absolute Gasteiger partial charge is 0.485 e. The number of para-hydroxylation sites is 3. The van der Waals surface area contributed by atoms with Gasteiger partial charge in [-0.2, -0.15) is 0 Å². The fraction of sp³-hybridized carbons (Fsp3) is 0.182. The number of ether oxygens (including phenoxy) is 2. The molecule has 0 N–H and O–H groups in total. The molecule has 2 aromatic carbocycles. The van der Waals surface area contributed by atoms with Crippen molar-refractivity contribution >= 4 is 11.6 Å². The van der Waals surface area contributed by atoms with Crippen LogP contribution >= 0.6 is 0 Å². The first kappa shape index (κ1) is 17.1. The molecule has 2 heterocycles. The summed E-state index contributed by atoms with van der Waals surface area (Å²) in [7, 11) is 0. The van der Waals surface area contributed by atoms with Gasteiger partial charge in [0.15, 0.2) is 11.5 Å². The Morgan fingerprint density at radius 2 is 1.85 bits per heavy atom. The van der Waals surface area contributed by atoms with Crippen LogP contribution in [0.1, 0.15) is 11.1 Å². The molecule has 1 aliphatic rings. The van der Waals surface area contributed by atoms with Crippen LogP contribution in [0.5, 0.6) is 11.5 Å². The van der Waals surface area contributed by atoms with Gasteiger partial charge >= 0.3 is 0 Å². The predicted molar refractivity (Wildman–Crippen MR) is 103 cm³/mol. The summed E-state index contributed by atoms with van der Waals surface area (Å²) in [4.78, 5) is 19.3. The van der Waals surface area contributed by atoms with Crippen molar-refractivity contribution in [2.24, 2.45) is 0 Å². The highest BCUT2D eigenvalue weighted by Gasteiger charge is 2.32. The van der Waals surface area contributed by atoms with Gasteiger partial charge in [-0.25, -0.2) is 0 Å². The molecule has 0 radical (unpaired) electrons. The molecular weight excluding hydrogens is 340 g/mol. The van der Waals surface area contributed by atoms with E-state index < -0.39 is 6.10 Å². The zero-order chi connectivity index (χ0) is 18.6. The molecule has 1 aromatic heterocycles. The third-order valence-electron chi connectivity index (χ3n) is 4.52. The second kappa shape index (κ2) is 7.50. The summed E-state index contributed by atoms with van der Waals surface area (Å²) in [6.07, 6.45) is 2.79. The summed E-state index contributed by atoms with van der Waals surface area (Å²) in [5.41, 5.74) is 2.83. The molecule has 27 heavy (non-hydrogen) atoms. The second-order valence-corrected chi connectivity index (χ2v) is 6.44. The minimum absolute atomic E-state index is 0.136. The van der Waals surface area contributed by atoms with E-state index in [1.54, 1.807) is 17.3 Å². The number of anilines is 1. The van der Waals surface area contributed by atoms with Crippen molar-refractivity contribution in [1.29, 1.82) is 0 Å². The number of carbonyl (C=O) groups is 1. The minimum Gasteiger partial charge on any atom is -0.485 e. The Labute approximate surface area is 158 Å². The maximum Gasteiger partial charge on any atom is 0.271 e. The summed E-state index contributed by atoms with van der Waals surface area (Å²) >= 11 is 0. The predicted octanol–water partition coefficient (Wildman–Crippen LogP) is 3.76. The van der Waals surface area contributed by atoms with Crippen LogP contribution in [0.4, 0.5) is 5.69 Å². The normalized spacial score (nSPS) is 15.2. The number of amides is 1. The molecule has 0 fully saturated rings. The molecule has 3 aromatic rings. The Kier molecular flexibility index (Phi) is 4.75. The SMILES string of the molecule is Cc1ccccc1N(Cc1cccnc1)C(=O)[C@@H]1COc2ccccc2O1. The topological polar surface area (TPSA) is 51.7 Å². The van der Waals surface area contributed by atoms with Gasteiger partial charge in [-0.3, -0.25) is 9.78 Å². The van der Waals surface area contributed by atoms with Gasteiger partial charge in [0.05, 0.1) is 6.54 Å². The number of nitrogens with zero attached hydrogens (tertiary/aromatic N) is 2. The van der Waals surface area contributed by atoms with Crippen molar-refractivity contribution in [3.8, 4) is 11.5 Å². The van der Waals surface area contributed by atoms with Gasteiger partial charge in [-0.1, -0.05) is 36.4 Å². The van der Waals surface area contributed by atoms with Gasteiger partial charge in [0.25, 0.3) is 5.91 Å². The highest BCUT2D eigenvalue weighted by molar-refractivity contribution is 5.97. The number of aryl methyl sites for hydroxylation is 1. The molecule has 0 spiro atoms. The summed E-state index contributed by atoms with van der Waals surface area (Å²) < 4.78 is 11.7. The number of pyridine rings is 1. The number of rotatable bonds is 4. The monoisotopic (exact) mass is 360 g/mol. The van der Waals surface area contributed by atoms with Gasteiger partial charge in [-0.05, 0) is 42.3 Å². The van der Waals surface area contributed by atoms with Crippen molar-refractivity contribution in [3.63, 3.8) is 0 Å². The van der Waals surface area contributed by atoms with Crippen molar-refractivity contribution in [2.45, 2.75) is 19.6 Å². The van der Waals surface area contributed by atoms with E-state index in [0.29, 0.717) is 18.0 Å². The van der Waals surface area contributed by atoms with E-state index in [1.165, 1.54) is 0 Å². The minimum atomic E-state index is -0.698. The van der Waals surface area contributed by atoms with Crippen LogP contribution in [0.3, 0.4) is 0 Å². The number of aromatic nitrogens is 1. The van der Waals surface area contributed by atoms with Crippen molar-refractivity contribution in [2.75, 3.05) is 11.5 Å². The van der Waals surface area contributed by atoms with Gasteiger partial charge < -0.3 is 14.4 Å². The lowest BCUT2D eigenvalue weighted by Gasteiger charge is -2.31. The summed E-state index contributed by atoms with van der Waals surface area (Å²) in [5.74, 6) is 1.12. The standard InChI is InChI=1S/C22H20N2O3/c1-16-7-2-3-9-18(16)24(14-17-8-6-12-23-13-17)22(25)21-15-26-19-10-4-5-11-20(19)27-21/h2-13,21H,14-15H2,1H3/t21-/m0/s1. The van der Waals surface area contributed by atoms with Crippen LogP contribution in [0.15, 0.2) is 73.1 Å². The van der Waals surface area contributed by atoms with Crippen LogP contribution in [-0.2, 0) is 11.3 Å². The molecule has 0 unspecified atom stereocenters. The van der Waals surface area contributed by atoms with Crippen molar-refractivity contribution in [3.05, 3.63) is 84.2 Å². The average molecular weight is 360 g/mol. The third kappa shape index (κ3) is 3.62. The van der Waals surface area contributed by atoms with Crippen LogP contribution in [0.2, 0.25) is 0 Å². The van der Waals surface area contributed by atoms with Crippen LogP contribution < -0.4 is 14.4 Å². The Morgan fingerprint density at radius 1 is 1.07 bits per heavy atom. The third-order valence-corrected chi connectivity index (χ3v) is 4.52. The molecule has 0 bridgehead atoms. The Bertz CT molecular complexity index is 943. The molecule has 1 atom stereocenters. The van der Waals surface area contributed by atoms with Crippen LogP contribution in [0.25, 0.3) is 0 Å². The Balaban J connectivity index is 1.64. The summed E-state index contributed by atoms with van der Waals surface area (Å²) in [6, 6.07) is 19.1. The lowest BCUT2D eigenvalue weighted by atomic mass is 10.1. The molecule has 0 saturated heterocycles. The lowest BCUT2D eigenvalue weighted by Crippen LogP contribution is -2.46. The molecule has 5 nitrogen and oxygen atoms in total. The molecular formula is C22H20N2O3. The zero-order valence-corrected chi connectivity index (χ0v) is 15.0. The first-order chi connectivity index (χ1) is 13.2. The van der Waals surface area contributed by atoms with E-state index in [-0.39, 0.29) is 12.5 Å². The van der Waals surface area contributed by atoms with E-state index in [0.717, 1.165) is 16.8 Å². The van der Waals surface area contributed by atoms with Gasteiger partial charge in [-0.15, -0.1) is 0 Å². The van der Waals surface area contributed by atoms with Crippen LogP contribution in [-0.4, -0.2) is 23.6 Å². The maximum absolute atomic E-state index is 13.4. The van der Waals surface area contributed by atoms with E-state index in [2.05, 4.69) is 4.98 Å². The zero-order valence-electron chi connectivity index (χ0n) is 15.0. The second-order valence-electron chi connectivity index (χ2n) is 6.44. The van der Waals surface area contributed by atoms with Crippen molar-refractivity contribution in [1.82, 2.24) is 4.98 Å². The quantitative estimate of drug-likeness (QED) is 0.711. The summed E-state index contributed by atoms with van der Waals surface area (Å²) in [6.45, 7) is 2.59. The molecule has 1 aliphatic heterocycles. The fourth-order valence-corrected chi connectivity index (χ4v) is 3.14. The highest BCUT2D eigenvalue weighted by atomic mass is 16.6. The van der Waals surface area contributed by atoms with E-state index in [1.807, 2.05) is 67.6 Å². The van der Waals surface area contributed by atoms with Gasteiger partial charge in [0.1, 0.15) is 6.61 Å². The van der Waals surface area contributed by atoms with Gasteiger partial charge in [0.2, 0.25) is 6.10 Å². The maximum atomic E-state index is 13.4. The number of hydrogen-bond donors (Lipinski definition) is 0. The molecule has 0 saturated carbocycles. The average Bonchev–Trinajstić information content (AvgIpc) is 2.72. The molecule has 5 heteroatoms.